The number of carbonyl (C=O) groups excluding carboxylic acids is 4. The molecule has 0 spiro atoms. The van der Waals surface area contributed by atoms with Gasteiger partial charge in [0.25, 0.3) is 0 Å². The number of rotatable bonds is 13. The summed E-state index contributed by atoms with van der Waals surface area (Å²) < 4.78 is 16.8. The number of ether oxygens (including phenoxy) is 3. The van der Waals surface area contributed by atoms with E-state index in [9.17, 15) is 19.2 Å². The highest BCUT2D eigenvalue weighted by Gasteiger charge is 2.39. The molecule has 41 heavy (non-hydrogen) atoms. The van der Waals surface area contributed by atoms with E-state index in [1.807, 2.05) is 91.0 Å². The first-order chi connectivity index (χ1) is 19.7. The largest absolute Gasteiger partial charge is 0.461 e. The summed E-state index contributed by atoms with van der Waals surface area (Å²) in [5.74, 6) is -3.80. The lowest BCUT2D eigenvalue weighted by molar-refractivity contribution is -0.170. The maximum Gasteiger partial charge on any atom is 0.410 e. The molecule has 1 amide bonds. The fraction of sp³-hybridized carbons (Fsp3) is 0.333. The minimum atomic E-state index is -1.19. The van der Waals surface area contributed by atoms with Gasteiger partial charge in [-0.25, -0.2) is 4.79 Å². The molecule has 0 heterocycles. The van der Waals surface area contributed by atoms with Crippen molar-refractivity contribution in [1.29, 1.82) is 0 Å². The van der Waals surface area contributed by atoms with E-state index in [1.165, 1.54) is 4.90 Å². The number of amides is 1. The van der Waals surface area contributed by atoms with E-state index >= 15 is 0 Å². The normalized spacial score (nSPS) is 12.5. The van der Waals surface area contributed by atoms with Gasteiger partial charge in [-0.2, -0.15) is 0 Å². The fourth-order valence-corrected chi connectivity index (χ4v) is 4.16. The number of aldehydes is 1. The molecule has 8 nitrogen and oxygen atoms in total. The Morgan fingerprint density at radius 3 is 1.68 bits per heavy atom. The Balaban J connectivity index is 1.90. The Morgan fingerprint density at radius 1 is 0.707 bits per heavy atom. The van der Waals surface area contributed by atoms with Gasteiger partial charge in [0.05, 0.1) is 11.8 Å². The van der Waals surface area contributed by atoms with Gasteiger partial charge >= 0.3 is 18.0 Å². The molecule has 0 bridgehead atoms. The van der Waals surface area contributed by atoms with Crippen molar-refractivity contribution in [2.75, 3.05) is 6.54 Å². The van der Waals surface area contributed by atoms with Crippen molar-refractivity contribution in [1.82, 2.24) is 4.90 Å². The van der Waals surface area contributed by atoms with Crippen LogP contribution in [0.2, 0.25) is 0 Å². The van der Waals surface area contributed by atoms with Gasteiger partial charge < -0.3 is 23.9 Å². The van der Waals surface area contributed by atoms with Gasteiger partial charge in [-0.1, -0.05) is 91.0 Å². The van der Waals surface area contributed by atoms with Crippen molar-refractivity contribution >= 4 is 24.3 Å². The maximum atomic E-state index is 13.6. The van der Waals surface area contributed by atoms with Gasteiger partial charge in [-0.3, -0.25) is 9.59 Å². The van der Waals surface area contributed by atoms with Crippen LogP contribution in [0.1, 0.15) is 43.9 Å². The predicted molar refractivity (Wildman–Crippen MR) is 153 cm³/mol. The molecule has 0 fully saturated rings. The molecular formula is C33H37NO7. The summed E-state index contributed by atoms with van der Waals surface area (Å²) in [6.07, 6.45) is -0.382. The van der Waals surface area contributed by atoms with E-state index in [0.29, 0.717) is 6.29 Å². The molecule has 8 heteroatoms. The Bertz CT molecular complexity index is 1260. The molecule has 2 atom stereocenters. The average molecular weight is 560 g/mol. The summed E-state index contributed by atoms with van der Waals surface area (Å²) in [7, 11) is 0. The Labute approximate surface area is 241 Å². The van der Waals surface area contributed by atoms with E-state index < -0.39 is 35.5 Å². The van der Waals surface area contributed by atoms with Crippen LogP contribution in [0, 0.1) is 11.8 Å². The third-order valence-corrected chi connectivity index (χ3v) is 6.17. The lowest BCUT2D eigenvalue weighted by atomic mass is 9.88. The second-order valence-electron chi connectivity index (χ2n) is 10.6. The van der Waals surface area contributed by atoms with Crippen LogP contribution in [-0.2, 0) is 48.4 Å². The van der Waals surface area contributed by atoms with E-state index in [-0.39, 0.29) is 32.7 Å². The molecule has 0 aliphatic carbocycles. The molecule has 3 rings (SSSR count). The van der Waals surface area contributed by atoms with Crippen LogP contribution in [0.5, 0.6) is 0 Å². The van der Waals surface area contributed by atoms with Gasteiger partial charge in [0, 0.05) is 19.5 Å². The van der Waals surface area contributed by atoms with Gasteiger partial charge in [0.1, 0.15) is 25.1 Å². The lowest BCUT2D eigenvalue weighted by Gasteiger charge is -2.31. The van der Waals surface area contributed by atoms with Crippen molar-refractivity contribution in [2.45, 2.75) is 52.6 Å². The number of hydrogen-bond acceptors (Lipinski definition) is 7. The molecule has 216 valence electrons. The Morgan fingerprint density at radius 2 is 1.20 bits per heavy atom. The van der Waals surface area contributed by atoms with E-state index in [1.54, 1.807) is 20.8 Å². The quantitative estimate of drug-likeness (QED) is 0.150. The van der Waals surface area contributed by atoms with E-state index in [0.717, 1.165) is 16.7 Å². The summed E-state index contributed by atoms with van der Waals surface area (Å²) in [5.41, 5.74) is 1.50. The standard InChI is InChI=1S/C33H37NO7/c1-33(2,3)41-31(37)28(19-20-35)29(30(36)39-23-26-15-9-5-10-16-26)22-34(21-25-13-7-4-8-14-25)32(38)40-24-27-17-11-6-12-18-27/h4-18,20,28-29H,19,21-24H2,1-3H3. The SMILES string of the molecule is CC(C)(C)OC(=O)C(CC=O)C(CN(Cc1ccccc1)C(=O)OCc1ccccc1)C(=O)OCc1ccccc1. The summed E-state index contributed by atoms with van der Waals surface area (Å²) >= 11 is 0. The van der Waals surface area contributed by atoms with Gasteiger partial charge in [0.2, 0.25) is 0 Å². The van der Waals surface area contributed by atoms with E-state index in [2.05, 4.69) is 0 Å². The summed E-state index contributed by atoms with van der Waals surface area (Å²) in [5, 5.41) is 0. The number of benzene rings is 3. The molecule has 3 aromatic carbocycles. The first kappa shape index (κ1) is 31.1. The van der Waals surface area contributed by atoms with Crippen molar-refractivity contribution in [3.8, 4) is 0 Å². The topological polar surface area (TPSA) is 99.2 Å². The fourth-order valence-electron chi connectivity index (χ4n) is 4.16. The van der Waals surface area contributed by atoms with Crippen LogP contribution >= 0.6 is 0 Å². The lowest BCUT2D eigenvalue weighted by Crippen LogP contribution is -2.44. The number of nitrogens with zero attached hydrogens (tertiary/aromatic N) is 1. The Kier molecular flexibility index (Phi) is 11.6. The van der Waals surface area contributed by atoms with Crippen LogP contribution in [0.4, 0.5) is 4.79 Å². The zero-order valence-electron chi connectivity index (χ0n) is 23.7. The van der Waals surface area contributed by atoms with Crippen LogP contribution < -0.4 is 0 Å². The first-order valence-electron chi connectivity index (χ1n) is 13.5. The van der Waals surface area contributed by atoms with Crippen LogP contribution in [0.25, 0.3) is 0 Å². The van der Waals surface area contributed by atoms with Crippen LogP contribution in [0.3, 0.4) is 0 Å². The molecule has 0 aliphatic rings. The first-order valence-corrected chi connectivity index (χ1v) is 13.5. The predicted octanol–water partition coefficient (Wildman–Crippen LogP) is 5.73. The van der Waals surface area contributed by atoms with Crippen molar-refractivity contribution in [3.63, 3.8) is 0 Å². The van der Waals surface area contributed by atoms with Gasteiger partial charge in [-0.05, 0) is 37.5 Å². The molecule has 0 saturated carbocycles. The summed E-state index contributed by atoms with van der Waals surface area (Å²) in [6, 6.07) is 27.5. The number of carbonyl (C=O) groups is 4. The smallest absolute Gasteiger partial charge is 0.410 e. The highest BCUT2D eigenvalue weighted by Crippen LogP contribution is 2.25. The molecule has 3 aromatic rings. The molecular weight excluding hydrogens is 522 g/mol. The molecule has 0 N–H and O–H groups in total. The highest BCUT2D eigenvalue weighted by molar-refractivity contribution is 5.84. The van der Waals surface area contributed by atoms with Crippen LogP contribution in [-0.4, -0.2) is 41.4 Å². The molecule has 0 saturated heterocycles. The second kappa shape index (κ2) is 15.4. The zero-order chi connectivity index (χ0) is 29.7. The van der Waals surface area contributed by atoms with Crippen LogP contribution in [0.15, 0.2) is 91.0 Å². The van der Waals surface area contributed by atoms with Crippen molar-refractivity contribution in [2.24, 2.45) is 11.8 Å². The number of esters is 2. The average Bonchev–Trinajstić information content (AvgIpc) is 2.96. The minimum Gasteiger partial charge on any atom is -0.461 e. The minimum absolute atomic E-state index is 0.0257. The highest BCUT2D eigenvalue weighted by atomic mass is 16.6. The Hall–Kier alpha value is -4.46. The van der Waals surface area contributed by atoms with Crippen molar-refractivity contribution in [3.05, 3.63) is 108 Å². The zero-order valence-corrected chi connectivity index (χ0v) is 23.7. The third kappa shape index (κ3) is 10.6. The third-order valence-electron chi connectivity index (χ3n) is 6.17. The van der Waals surface area contributed by atoms with Crippen molar-refractivity contribution < 1.29 is 33.4 Å². The van der Waals surface area contributed by atoms with E-state index in [4.69, 9.17) is 14.2 Å². The van der Waals surface area contributed by atoms with Gasteiger partial charge in [0.15, 0.2) is 0 Å². The second-order valence-corrected chi connectivity index (χ2v) is 10.6. The maximum absolute atomic E-state index is 13.6. The molecule has 0 aliphatic heterocycles. The molecule has 2 unspecified atom stereocenters. The number of hydrogen-bond donors (Lipinski definition) is 0. The molecule has 0 radical (unpaired) electrons. The monoisotopic (exact) mass is 559 g/mol. The summed E-state index contributed by atoms with van der Waals surface area (Å²) in [6.45, 7) is 4.98. The summed E-state index contributed by atoms with van der Waals surface area (Å²) in [4.78, 5) is 53.3. The van der Waals surface area contributed by atoms with Gasteiger partial charge in [-0.15, -0.1) is 0 Å². The molecule has 0 aromatic heterocycles.